The van der Waals surface area contributed by atoms with Gasteiger partial charge in [0.15, 0.2) is 0 Å². The normalized spacial score (nSPS) is 18.1. The fourth-order valence-electron chi connectivity index (χ4n) is 2.77. The summed E-state index contributed by atoms with van der Waals surface area (Å²) in [5, 5.41) is 9.72. The van der Waals surface area contributed by atoms with Gasteiger partial charge in [0.05, 0.1) is 0 Å². The van der Waals surface area contributed by atoms with Crippen LogP contribution in [0.25, 0.3) is 0 Å². The van der Waals surface area contributed by atoms with Crippen molar-refractivity contribution in [2.75, 3.05) is 29.4 Å². The average molecular weight is 314 g/mol. The maximum Gasteiger partial charge on any atom is 0.145 e. The third-order valence-electron chi connectivity index (χ3n) is 3.86. The number of rotatable bonds is 2. The Kier molecular flexibility index (Phi) is 4.12. The molecule has 1 saturated heterocycles. The van der Waals surface area contributed by atoms with Gasteiger partial charge in [-0.25, -0.2) is 9.97 Å². The van der Waals surface area contributed by atoms with E-state index in [0.29, 0.717) is 5.69 Å². The van der Waals surface area contributed by atoms with Crippen molar-refractivity contribution in [2.45, 2.75) is 13.0 Å². The van der Waals surface area contributed by atoms with Gasteiger partial charge in [-0.1, -0.05) is 17.7 Å². The van der Waals surface area contributed by atoms with Crippen LogP contribution in [0.4, 0.5) is 11.5 Å². The molecule has 0 bridgehead atoms. The second kappa shape index (κ2) is 6.20. The highest BCUT2D eigenvalue weighted by atomic mass is 35.5. The molecule has 1 unspecified atom stereocenters. The number of aromatic nitrogens is 2. The van der Waals surface area contributed by atoms with Gasteiger partial charge in [-0.3, -0.25) is 0 Å². The minimum atomic E-state index is 0.286. The molecule has 1 aromatic carbocycles. The highest BCUT2D eigenvalue weighted by molar-refractivity contribution is 6.30. The summed E-state index contributed by atoms with van der Waals surface area (Å²) in [6, 6.07) is 12.0. The van der Waals surface area contributed by atoms with E-state index in [1.54, 1.807) is 6.07 Å². The Bertz CT molecular complexity index is 712. The molecule has 6 heteroatoms. The summed E-state index contributed by atoms with van der Waals surface area (Å²) in [5.74, 6) is 0.810. The van der Waals surface area contributed by atoms with Crippen LogP contribution in [0.2, 0.25) is 5.02 Å². The number of piperazine rings is 1. The van der Waals surface area contributed by atoms with E-state index in [2.05, 4.69) is 38.8 Å². The first-order chi connectivity index (χ1) is 10.7. The molecule has 0 spiro atoms. The Morgan fingerprint density at radius 3 is 2.86 bits per heavy atom. The monoisotopic (exact) mass is 313 g/mol. The second-order valence-electron chi connectivity index (χ2n) is 5.34. The van der Waals surface area contributed by atoms with Gasteiger partial charge in [-0.05, 0) is 25.1 Å². The Morgan fingerprint density at radius 2 is 2.14 bits per heavy atom. The molecule has 5 nitrogen and oxygen atoms in total. The fraction of sp³-hybridized carbons (Fsp3) is 0.312. The molecule has 1 fully saturated rings. The zero-order valence-electron chi connectivity index (χ0n) is 12.3. The third kappa shape index (κ3) is 2.97. The average Bonchev–Trinajstić information content (AvgIpc) is 2.55. The summed E-state index contributed by atoms with van der Waals surface area (Å²) < 4.78 is 0. The quantitative estimate of drug-likeness (QED) is 0.853. The molecular weight excluding hydrogens is 298 g/mol. The smallest absolute Gasteiger partial charge is 0.145 e. The van der Waals surface area contributed by atoms with Crippen LogP contribution in [0.3, 0.4) is 0 Å². The Morgan fingerprint density at radius 1 is 1.27 bits per heavy atom. The minimum absolute atomic E-state index is 0.286. The zero-order valence-corrected chi connectivity index (χ0v) is 13.0. The fourth-order valence-corrected chi connectivity index (χ4v) is 2.96. The molecule has 0 aliphatic carbocycles. The van der Waals surface area contributed by atoms with Crippen LogP contribution in [0, 0.1) is 11.3 Å². The number of nitrogens with zero attached hydrogens (tertiary/aromatic N) is 5. The first-order valence-electron chi connectivity index (χ1n) is 7.16. The molecular formula is C16H16ClN5. The maximum absolute atomic E-state index is 8.96. The lowest BCUT2D eigenvalue weighted by molar-refractivity contribution is 0.545. The van der Waals surface area contributed by atoms with Crippen molar-refractivity contribution in [2.24, 2.45) is 0 Å². The van der Waals surface area contributed by atoms with Crippen LogP contribution >= 0.6 is 11.6 Å². The Labute approximate surface area is 134 Å². The van der Waals surface area contributed by atoms with Crippen molar-refractivity contribution in [3.63, 3.8) is 0 Å². The first kappa shape index (κ1) is 14.6. The van der Waals surface area contributed by atoms with E-state index in [4.69, 9.17) is 16.9 Å². The van der Waals surface area contributed by atoms with Crippen LogP contribution < -0.4 is 9.80 Å². The lowest BCUT2D eigenvalue weighted by atomic mass is 10.1. The van der Waals surface area contributed by atoms with Gasteiger partial charge in [-0.15, -0.1) is 0 Å². The minimum Gasteiger partial charge on any atom is -0.368 e. The standard InChI is InChI=1S/C16H16ClN5/c1-12-10-21(15-4-2-3-13(17)7-15)5-6-22(12)16-8-14(9-18)19-11-20-16/h2-4,7-8,11-12H,5-6,10H2,1H3. The van der Waals surface area contributed by atoms with E-state index in [0.717, 1.165) is 36.2 Å². The molecule has 0 amide bonds. The summed E-state index contributed by atoms with van der Waals surface area (Å²) in [4.78, 5) is 12.8. The summed E-state index contributed by atoms with van der Waals surface area (Å²) >= 11 is 6.07. The Balaban J connectivity index is 1.76. The summed E-state index contributed by atoms with van der Waals surface area (Å²) in [7, 11) is 0. The van der Waals surface area contributed by atoms with Crippen LogP contribution in [0.5, 0.6) is 0 Å². The molecule has 1 aliphatic heterocycles. The van der Waals surface area contributed by atoms with Gasteiger partial charge in [-0.2, -0.15) is 5.26 Å². The van der Waals surface area contributed by atoms with E-state index in [-0.39, 0.29) is 6.04 Å². The molecule has 0 N–H and O–H groups in total. The van der Waals surface area contributed by atoms with E-state index < -0.39 is 0 Å². The SMILES string of the molecule is CC1CN(c2cccc(Cl)c2)CCN1c1cc(C#N)ncn1. The molecule has 1 aromatic heterocycles. The molecule has 22 heavy (non-hydrogen) atoms. The molecule has 3 rings (SSSR count). The summed E-state index contributed by atoms with van der Waals surface area (Å²) in [5.41, 5.74) is 1.54. The van der Waals surface area contributed by atoms with Crippen molar-refractivity contribution < 1.29 is 0 Å². The lowest BCUT2D eigenvalue weighted by Crippen LogP contribution is -2.52. The summed E-state index contributed by atoms with van der Waals surface area (Å²) in [6.45, 7) is 4.77. The predicted octanol–water partition coefficient (Wildman–Crippen LogP) is 2.72. The maximum atomic E-state index is 8.96. The van der Waals surface area contributed by atoms with Gasteiger partial charge in [0.25, 0.3) is 0 Å². The van der Waals surface area contributed by atoms with Crippen LogP contribution in [-0.4, -0.2) is 35.6 Å². The van der Waals surface area contributed by atoms with Crippen LogP contribution in [0.15, 0.2) is 36.7 Å². The molecule has 0 radical (unpaired) electrons. The van der Waals surface area contributed by atoms with E-state index in [9.17, 15) is 0 Å². The second-order valence-corrected chi connectivity index (χ2v) is 5.78. The molecule has 2 aromatic rings. The molecule has 2 heterocycles. The predicted molar refractivity (Wildman–Crippen MR) is 87.2 cm³/mol. The highest BCUT2D eigenvalue weighted by Gasteiger charge is 2.25. The van der Waals surface area contributed by atoms with Gasteiger partial charge in [0, 0.05) is 42.5 Å². The number of halogens is 1. The van der Waals surface area contributed by atoms with Crippen molar-refractivity contribution in [3.8, 4) is 6.07 Å². The molecule has 1 aliphatic rings. The summed E-state index contributed by atoms with van der Waals surface area (Å²) in [6.07, 6.45) is 1.45. The van der Waals surface area contributed by atoms with Crippen molar-refractivity contribution in [3.05, 3.63) is 47.4 Å². The van der Waals surface area contributed by atoms with E-state index >= 15 is 0 Å². The molecule has 1 atom stereocenters. The van der Waals surface area contributed by atoms with E-state index in [1.807, 2.05) is 18.2 Å². The third-order valence-corrected chi connectivity index (χ3v) is 4.10. The van der Waals surface area contributed by atoms with Crippen LogP contribution in [-0.2, 0) is 0 Å². The highest BCUT2D eigenvalue weighted by Crippen LogP contribution is 2.24. The van der Waals surface area contributed by atoms with Crippen molar-refractivity contribution >= 4 is 23.1 Å². The van der Waals surface area contributed by atoms with Crippen molar-refractivity contribution in [1.29, 1.82) is 5.26 Å². The first-order valence-corrected chi connectivity index (χ1v) is 7.54. The molecule has 112 valence electrons. The molecule has 0 saturated carbocycles. The van der Waals surface area contributed by atoms with Gasteiger partial charge < -0.3 is 9.80 Å². The zero-order chi connectivity index (χ0) is 15.5. The topological polar surface area (TPSA) is 56.0 Å². The Hall–Kier alpha value is -2.32. The number of hydrogen-bond acceptors (Lipinski definition) is 5. The number of anilines is 2. The van der Waals surface area contributed by atoms with Gasteiger partial charge in [0.2, 0.25) is 0 Å². The number of nitriles is 1. The van der Waals surface area contributed by atoms with Gasteiger partial charge in [0.1, 0.15) is 23.9 Å². The van der Waals surface area contributed by atoms with E-state index in [1.165, 1.54) is 6.33 Å². The van der Waals surface area contributed by atoms with Crippen molar-refractivity contribution in [1.82, 2.24) is 9.97 Å². The van der Waals surface area contributed by atoms with Gasteiger partial charge >= 0.3 is 0 Å². The number of benzene rings is 1. The van der Waals surface area contributed by atoms with Crippen LogP contribution in [0.1, 0.15) is 12.6 Å². The largest absolute Gasteiger partial charge is 0.368 e. The lowest BCUT2D eigenvalue weighted by Gasteiger charge is -2.41. The number of hydrogen-bond donors (Lipinski definition) is 0.